The van der Waals surface area contributed by atoms with Crippen LogP contribution in [0.2, 0.25) is 0 Å². The van der Waals surface area contributed by atoms with Gasteiger partial charge in [-0.1, -0.05) is 13.8 Å². The molecule has 5 nitrogen and oxygen atoms in total. The highest BCUT2D eigenvalue weighted by Crippen LogP contribution is 2.35. The standard InChI is InChI=1S/C18H23N3O2/c1-4-16-12(2)10-15-11-14(18(23)20-9-5-8-19)6-7-17(15)21(16)13(3)22/h6-7,11-12,16H,4-5,9-10H2,1-3H3,(H,20,23)/t12?,16-/m0/s1. The lowest BCUT2D eigenvalue weighted by molar-refractivity contribution is -0.117. The molecule has 1 aliphatic rings. The molecule has 1 aliphatic heterocycles. The second kappa shape index (κ2) is 7.28. The number of benzene rings is 1. The maximum Gasteiger partial charge on any atom is 0.251 e. The molecule has 1 N–H and O–H groups in total. The van der Waals surface area contributed by atoms with Gasteiger partial charge < -0.3 is 10.2 Å². The van der Waals surface area contributed by atoms with E-state index in [1.807, 2.05) is 23.1 Å². The molecule has 23 heavy (non-hydrogen) atoms. The number of nitriles is 1. The summed E-state index contributed by atoms with van der Waals surface area (Å²) < 4.78 is 0. The van der Waals surface area contributed by atoms with Crippen LogP contribution >= 0.6 is 0 Å². The van der Waals surface area contributed by atoms with E-state index in [1.165, 1.54) is 0 Å². The highest BCUT2D eigenvalue weighted by atomic mass is 16.2. The third kappa shape index (κ3) is 3.53. The van der Waals surface area contributed by atoms with Crippen LogP contribution < -0.4 is 10.2 Å². The molecule has 0 aromatic heterocycles. The van der Waals surface area contributed by atoms with Crippen molar-refractivity contribution in [1.82, 2.24) is 5.32 Å². The zero-order valence-corrected chi connectivity index (χ0v) is 13.9. The van der Waals surface area contributed by atoms with Gasteiger partial charge in [0.15, 0.2) is 0 Å². The normalized spacial score (nSPS) is 19.7. The van der Waals surface area contributed by atoms with E-state index in [0.29, 0.717) is 24.4 Å². The van der Waals surface area contributed by atoms with Crippen molar-refractivity contribution < 1.29 is 9.59 Å². The van der Waals surface area contributed by atoms with Gasteiger partial charge in [0.05, 0.1) is 12.5 Å². The van der Waals surface area contributed by atoms with Gasteiger partial charge in [0.2, 0.25) is 5.91 Å². The van der Waals surface area contributed by atoms with Crippen LogP contribution in [0.4, 0.5) is 5.69 Å². The second-order valence-electron chi connectivity index (χ2n) is 6.05. The maximum atomic E-state index is 12.1. The lowest BCUT2D eigenvalue weighted by Gasteiger charge is -2.40. The van der Waals surface area contributed by atoms with E-state index in [1.54, 1.807) is 13.0 Å². The van der Waals surface area contributed by atoms with Crippen LogP contribution in [-0.2, 0) is 11.2 Å². The topological polar surface area (TPSA) is 73.2 Å². The Bertz CT molecular complexity index is 648. The Morgan fingerprint density at radius 3 is 2.78 bits per heavy atom. The quantitative estimate of drug-likeness (QED) is 0.869. The van der Waals surface area contributed by atoms with Crippen molar-refractivity contribution in [3.8, 4) is 6.07 Å². The molecule has 1 aromatic carbocycles. The zero-order chi connectivity index (χ0) is 17.0. The summed E-state index contributed by atoms with van der Waals surface area (Å²) in [4.78, 5) is 26.1. The third-order valence-corrected chi connectivity index (χ3v) is 4.41. The van der Waals surface area contributed by atoms with Crippen molar-refractivity contribution >= 4 is 17.5 Å². The second-order valence-corrected chi connectivity index (χ2v) is 6.05. The van der Waals surface area contributed by atoms with Gasteiger partial charge >= 0.3 is 0 Å². The number of hydrogen-bond donors (Lipinski definition) is 1. The van der Waals surface area contributed by atoms with Gasteiger partial charge in [0, 0.05) is 30.8 Å². The molecule has 2 rings (SSSR count). The Morgan fingerprint density at radius 1 is 1.43 bits per heavy atom. The predicted molar refractivity (Wildman–Crippen MR) is 89.1 cm³/mol. The molecular weight excluding hydrogens is 290 g/mol. The monoisotopic (exact) mass is 313 g/mol. The van der Waals surface area contributed by atoms with Gasteiger partial charge in [-0.05, 0) is 42.5 Å². The van der Waals surface area contributed by atoms with Gasteiger partial charge in [0.1, 0.15) is 0 Å². The van der Waals surface area contributed by atoms with E-state index in [4.69, 9.17) is 5.26 Å². The van der Waals surface area contributed by atoms with Crippen molar-refractivity contribution in [3.63, 3.8) is 0 Å². The SMILES string of the molecule is CC[C@H]1C(C)Cc2cc(C(=O)NCCC#N)ccc2N1C(C)=O. The van der Waals surface area contributed by atoms with E-state index in [0.717, 1.165) is 24.1 Å². The fraction of sp³-hybridized carbons (Fsp3) is 0.500. The summed E-state index contributed by atoms with van der Waals surface area (Å²) in [6.45, 7) is 6.18. The van der Waals surface area contributed by atoms with Crippen molar-refractivity contribution in [2.45, 2.75) is 46.1 Å². The van der Waals surface area contributed by atoms with Crippen LogP contribution in [0.15, 0.2) is 18.2 Å². The van der Waals surface area contributed by atoms with Crippen LogP contribution in [0.25, 0.3) is 0 Å². The first-order valence-corrected chi connectivity index (χ1v) is 8.07. The zero-order valence-electron chi connectivity index (χ0n) is 13.9. The molecule has 5 heteroatoms. The van der Waals surface area contributed by atoms with Crippen LogP contribution in [0.1, 0.15) is 49.5 Å². The smallest absolute Gasteiger partial charge is 0.251 e. The van der Waals surface area contributed by atoms with E-state index >= 15 is 0 Å². The van der Waals surface area contributed by atoms with Gasteiger partial charge in [0.25, 0.3) is 5.91 Å². The molecule has 0 radical (unpaired) electrons. The number of amides is 2. The Labute approximate surface area is 137 Å². The van der Waals surface area contributed by atoms with Crippen molar-refractivity contribution in [1.29, 1.82) is 5.26 Å². The Morgan fingerprint density at radius 2 is 2.17 bits per heavy atom. The van der Waals surface area contributed by atoms with E-state index < -0.39 is 0 Å². The van der Waals surface area contributed by atoms with Gasteiger partial charge in [-0.3, -0.25) is 9.59 Å². The molecule has 1 aromatic rings. The fourth-order valence-corrected chi connectivity index (χ4v) is 3.36. The van der Waals surface area contributed by atoms with Crippen molar-refractivity contribution in [2.75, 3.05) is 11.4 Å². The number of nitrogens with one attached hydrogen (secondary N) is 1. The van der Waals surface area contributed by atoms with Crippen LogP contribution in [0.3, 0.4) is 0 Å². The summed E-state index contributed by atoms with van der Waals surface area (Å²) in [6, 6.07) is 7.69. The van der Waals surface area contributed by atoms with Gasteiger partial charge in [-0.25, -0.2) is 0 Å². The summed E-state index contributed by atoms with van der Waals surface area (Å²) in [6.07, 6.45) is 2.07. The first-order chi connectivity index (χ1) is 11.0. The molecule has 2 atom stereocenters. The Hall–Kier alpha value is -2.35. The van der Waals surface area contributed by atoms with Crippen molar-refractivity contribution in [3.05, 3.63) is 29.3 Å². The van der Waals surface area contributed by atoms with Crippen LogP contribution in [0.5, 0.6) is 0 Å². The van der Waals surface area contributed by atoms with Crippen LogP contribution in [-0.4, -0.2) is 24.4 Å². The number of carbonyl (C=O) groups is 2. The van der Waals surface area contributed by atoms with Gasteiger partial charge in [-0.15, -0.1) is 0 Å². The molecule has 0 aliphatic carbocycles. The molecule has 0 bridgehead atoms. The average Bonchev–Trinajstić information content (AvgIpc) is 2.52. The number of carbonyl (C=O) groups excluding carboxylic acids is 2. The van der Waals surface area contributed by atoms with E-state index in [-0.39, 0.29) is 17.9 Å². The van der Waals surface area contributed by atoms with Gasteiger partial charge in [-0.2, -0.15) is 5.26 Å². The molecule has 0 saturated carbocycles. The van der Waals surface area contributed by atoms with Crippen molar-refractivity contribution in [2.24, 2.45) is 5.92 Å². The molecular formula is C18H23N3O2. The maximum absolute atomic E-state index is 12.1. The summed E-state index contributed by atoms with van der Waals surface area (Å²) in [5, 5.41) is 11.3. The largest absolute Gasteiger partial charge is 0.351 e. The first-order valence-electron chi connectivity index (χ1n) is 8.07. The molecule has 1 heterocycles. The van der Waals surface area contributed by atoms with E-state index in [2.05, 4.69) is 19.2 Å². The van der Waals surface area contributed by atoms with Crippen LogP contribution in [0, 0.1) is 17.2 Å². The third-order valence-electron chi connectivity index (χ3n) is 4.41. The fourth-order valence-electron chi connectivity index (χ4n) is 3.36. The number of anilines is 1. The Balaban J connectivity index is 2.30. The predicted octanol–water partition coefficient (Wildman–Crippen LogP) is 2.65. The first kappa shape index (κ1) is 17.0. The number of nitrogens with zero attached hydrogens (tertiary/aromatic N) is 2. The summed E-state index contributed by atoms with van der Waals surface area (Å²) in [7, 11) is 0. The Kier molecular flexibility index (Phi) is 5.38. The minimum absolute atomic E-state index is 0.0378. The minimum atomic E-state index is -0.178. The average molecular weight is 313 g/mol. The molecule has 0 saturated heterocycles. The highest BCUT2D eigenvalue weighted by Gasteiger charge is 2.33. The molecule has 0 fully saturated rings. The number of rotatable bonds is 4. The molecule has 122 valence electrons. The summed E-state index contributed by atoms with van der Waals surface area (Å²) in [5.74, 6) is 0.215. The summed E-state index contributed by atoms with van der Waals surface area (Å²) in [5.41, 5.74) is 2.52. The minimum Gasteiger partial charge on any atom is -0.351 e. The molecule has 2 amide bonds. The molecule has 1 unspecified atom stereocenters. The molecule has 0 spiro atoms. The number of fused-ring (bicyclic) bond motifs is 1. The lowest BCUT2D eigenvalue weighted by Crippen LogP contribution is -2.46. The number of hydrogen-bond acceptors (Lipinski definition) is 3. The summed E-state index contributed by atoms with van der Waals surface area (Å²) >= 11 is 0. The van der Waals surface area contributed by atoms with E-state index in [9.17, 15) is 9.59 Å². The highest BCUT2D eigenvalue weighted by molar-refractivity contribution is 5.97. The lowest BCUT2D eigenvalue weighted by atomic mass is 9.84.